The van der Waals surface area contributed by atoms with E-state index in [1.807, 2.05) is 12.1 Å². The van der Waals surface area contributed by atoms with Gasteiger partial charge in [-0.2, -0.15) is 0 Å². The molecule has 1 unspecified atom stereocenters. The predicted octanol–water partition coefficient (Wildman–Crippen LogP) is 2.55. The summed E-state index contributed by atoms with van der Waals surface area (Å²) in [7, 11) is 0. The van der Waals surface area contributed by atoms with Crippen molar-refractivity contribution in [3.05, 3.63) is 28.2 Å². The molecule has 1 saturated heterocycles. The number of carboxylic acids is 1. The van der Waals surface area contributed by atoms with Crippen molar-refractivity contribution in [3.63, 3.8) is 0 Å². The molecule has 2 rings (SSSR count). The lowest BCUT2D eigenvalue weighted by atomic mass is 9.99. The van der Waals surface area contributed by atoms with Crippen molar-refractivity contribution in [1.82, 2.24) is 0 Å². The third-order valence-corrected chi connectivity index (χ3v) is 3.83. The minimum absolute atomic E-state index is 0.380. The zero-order valence-corrected chi connectivity index (χ0v) is 12.5. The van der Waals surface area contributed by atoms with E-state index in [0.717, 1.165) is 42.0 Å². The molecule has 0 amide bonds. The SMILES string of the molecule is CC(Cc1cc(Br)ccc1N1CCOCC1)C(=O)O. The van der Waals surface area contributed by atoms with Crippen LogP contribution in [0.2, 0.25) is 0 Å². The van der Waals surface area contributed by atoms with Crippen LogP contribution in [0.1, 0.15) is 12.5 Å². The number of nitrogens with zero attached hydrogens (tertiary/aromatic N) is 1. The maximum atomic E-state index is 11.0. The molecule has 104 valence electrons. The summed E-state index contributed by atoms with van der Waals surface area (Å²) >= 11 is 3.46. The van der Waals surface area contributed by atoms with Gasteiger partial charge >= 0.3 is 5.97 Å². The average Bonchev–Trinajstić information content (AvgIpc) is 2.39. The number of hydrogen-bond acceptors (Lipinski definition) is 3. The maximum Gasteiger partial charge on any atom is 0.306 e. The molecule has 0 saturated carbocycles. The first-order chi connectivity index (χ1) is 9.08. The van der Waals surface area contributed by atoms with Crippen LogP contribution in [0.4, 0.5) is 5.69 Å². The monoisotopic (exact) mass is 327 g/mol. The van der Waals surface area contributed by atoms with Crippen molar-refractivity contribution >= 4 is 27.6 Å². The third-order valence-electron chi connectivity index (χ3n) is 3.34. The first kappa shape index (κ1) is 14.3. The summed E-state index contributed by atoms with van der Waals surface area (Å²) in [5.41, 5.74) is 2.20. The third kappa shape index (κ3) is 3.70. The lowest BCUT2D eigenvalue weighted by Gasteiger charge is -2.31. The highest BCUT2D eigenvalue weighted by atomic mass is 79.9. The minimum Gasteiger partial charge on any atom is -0.481 e. The van der Waals surface area contributed by atoms with Gasteiger partial charge in [-0.15, -0.1) is 0 Å². The van der Waals surface area contributed by atoms with Gasteiger partial charge in [0.05, 0.1) is 19.1 Å². The molecule has 1 aliphatic rings. The largest absolute Gasteiger partial charge is 0.481 e. The zero-order valence-electron chi connectivity index (χ0n) is 10.9. The highest BCUT2D eigenvalue weighted by Crippen LogP contribution is 2.27. The van der Waals surface area contributed by atoms with E-state index in [0.29, 0.717) is 6.42 Å². The Morgan fingerprint density at radius 2 is 2.16 bits per heavy atom. The predicted molar refractivity (Wildman–Crippen MR) is 77.7 cm³/mol. The van der Waals surface area contributed by atoms with Gasteiger partial charge in [-0.25, -0.2) is 0 Å². The Bertz CT molecular complexity index is 458. The topological polar surface area (TPSA) is 49.8 Å². The van der Waals surface area contributed by atoms with E-state index in [-0.39, 0.29) is 5.92 Å². The number of morpholine rings is 1. The van der Waals surface area contributed by atoms with Gasteiger partial charge in [-0.05, 0) is 30.2 Å². The number of carbonyl (C=O) groups is 1. The highest BCUT2D eigenvalue weighted by molar-refractivity contribution is 9.10. The number of carboxylic acid groups (broad SMARTS) is 1. The van der Waals surface area contributed by atoms with Crippen LogP contribution in [-0.4, -0.2) is 37.4 Å². The molecule has 1 aromatic carbocycles. The summed E-state index contributed by atoms with van der Waals surface area (Å²) in [5.74, 6) is -1.14. The number of rotatable bonds is 4. The second-order valence-electron chi connectivity index (χ2n) is 4.82. The number of ether oxygens (including phenoxy) is 1. The molecule has 4 nitrogen and oxygen atoms in total. The van der Waals surface area contributed by atoms with Gasteiger partial charge in [-0.1, -0.05) is 22.9 Å². The molecular weight excluding hydrogens is 310 g/mol. The molecule has 0 radical (unpaired) electrons. The zero-order chi connectivity index (χ0) is 13.8. The van der Waals surface area contributed by atoms with E-state index >= 15 is 0 Å². The Morgan fingerprint density at radius 3 is 2.79 bits per heavy atom. The Morgan fingerprint density at radius 1 is 1.47 bits per heavy atom. The Labute approximate surface area is 121 Å². The van der Waals surface area contributed by atoms with Crippen molar-refractivity contribution in [2.75, 3.05) is 31.2 Å². The highest BCUT2D eigenvalue weighted by Gasteiger charge is 2.18. The summed E-state index contributed by atoms with van der Waals surface area (Å²) < 4.78 is 6.34. The van der Waals surface area contributed by atoms with E-state index in [2.05, 4.69) is 26.9 Å². The summed E-state index contributed by atoms with van der Waals surface area (Å²) in [6.07, 6.45) is 0.543. The smallest absolute Gasteiger partial charge is 0.306 e. The Kier molecular flexibility index (Phi) is 4.82. The van der Waals surface area contributed by atoms with Gasteiger partial charge in [0.25, 0.3) is 0 Å². The summed E-state index contributed by atoms with van der Waals surface area (Å²) in [6, 6.07) is 6.07. The van der Waals surface area contributed by atoms with Gasteiger partial charge in [0.15, 0.2) is 0 Å². The van der Waals surface area contributed by atoms with Crippen LogP contribution in [-0.2, 0) is 16.0 Å². The molecule has 19 heavy (non-hydrogen) atoms. The van der Waals surface area contributed by atoms with E-state index in [1.165, 1.54) is 0 Å². The van der Waals surface area contributed by atoms with Crippen LogP contribution >= 0.6 is 15.9 Å². The summed E-state index contributed by atoms with van der Waals surface area (Å²) in [6.45, 7) is 4.91. The van der Waals surface area contributed by atoms with Crippen LogP contribution in [0, 0.1) is 5.92 Å². The number of halogens is 1. The van der Waals surface area contributed by atoms with Crippen LogP contribution in [0.15, 0.2) is 22.7 Å². The number of benzene rings is 1. The first-order valence-corrected chi connectivity index (χ1v) is 7.21. The van der Waals surface area contributed by atoms with Gasteiger partial charge in [0.1, 0.15) is 0 Å². The van der Waals surface area contributed by atoms with E-state index in [1.54, 1.807) is 6.92 Å². The van der Waals surface area contributed by atoms with Crippen LogP contribution < -0.4 is 4.90 Å². The van der Waals surface area contributed by atoms with Crippen LogP contribution in [0.25, 0.3) is 0 Å². The average molecular weight is 328 g/mol. The molecule has 0 spiro atoms. The van der Waals surface area contributed by atoms with Gasteiger partial charge in [0.2, 0.25) is 0 Å². The fourth-order valence-electron chi connectivity index (χ4n) is 2.25. The Balaban J connectivity index is 2.24. The fourth-order valence-corrected chi connectivity index (χ4v) is 2.66. The van der Waals surface area contributed by atoms with Crippen molar-refractivity contribution in [2.45, 2.75) is 13.3 Å². The van der Waals surface area contributed by atoms with E-state index < -0.39 is 5.97 Å². The van der Waals surface area contributed by atoms with E-state index in [9.17, 15) is 4.79 Å². The van der Waals surface area contributed by atoms with Crippen LogP contribution in [0.5, 0.6) is 0 Å². The molecule has 1 heterocycles. The molecule has 1 aromatic rings. The van der Waals surface area contributed by atoms with Gasteiger partial charge in [-0.3, -0.25) is 4.79 Å². The lowest BCUT2D eigenvalue weighted by Crippen LogP contribution is -2.37. The first-order valence-electron chi connectivity index (χ1n) is 6.42. The number of aliphatic carboxylic acids is 1. The molecule has 5 heteroatoms. The lowest BCUT2D eigenvalue weighted by molar-refractivity contribution is -0.141. The molecule has 1 fully saturated rings. The molecule has 1 aliphatic heterocycles. The molecule has 0 aromatic heterocycles. The second kappa shape index (κ2) is 6.39. The summed E-state index contributed by atoms with van der Waals surface area (Å²) in [5, 5.41) is 9.07. The van der Waals surface area contributed by atoms with Crippen molar-refractivity contribution < 1.29 is 14.6 Å². The standard InChI is InChI=1S/C14H18BrNO3/c1-10(14(17)18)8-11-9-12(15)2-3-13(11)16-4-6-19-7-5-16/h2-3,9-10H,4-8H2,1H3,(H,17,18). The van der Waals surface area contributed by atoms with Gasteiger partial charge < -0.3 is 14.7 Å². The van der Waals surface area contributed by atoms with Crippen molar-refractivity contribution in [2.24, 2.45) is 5.92 Å². The molecule has 0 bridgehead atoms. The minimum atomic E-state index is -0.757. The fraction of sp³-hybridized carbons (Fsp3) is 0.500. The van der Waals surface area contributed by atoms with Gasteiger partial charge in [0, 0.05) is 23.2 Å². The van der Waals surface area contributed by atoms with Crippen molar-refractivity contribution in [1.29, 1.82) is 0 Å². The quantitative estimate of drug-likeness (QED) is 0.923. The molecule has 1 atom stereocenters. The summed E-state index contributed by atoms with van der Waals surface area (Å²) in [4.78, 5) is 13.3. The number of anilines is 1. The second-order valence-corrected chi connectivity index (χ2v) is 5.73. The normalized spacial score (nSPS) is 17.3. The molecule has 0 aliphatic carbocycles. The Hall–Kier alpha value is -1.07. The van der Waals surface area contributed by atoms with Crippen molar-refractivity contribution in [3.8, 4) is 0 Å². The van der Waals surface area contributed by atoms with E-state index in [4.69, 9.17) is 9.84 Å². The maximum absolute atomic E-state index is 11.0. The molecule has 1 N–H and O–H groups in total. The molecular formula is C14H18BrNO3. The number of hydrogen-bond donors (Lipinski definition) is 1. The van der Waals surface area contributed by atoms with Crippen LogP contribution in [0.3, 0.4) is 0 Å².